The summed E-state index contributed by atoms with van der Waals surface area (Å²) in [6.07, 6.45) is 5.11. The lowest BCUT2D eigenvalue weighted by atomic mass is 9.75. The molecule has 1 aromatic carbocycles. The van der Waals surface area contributed by atoms with Gasteiger partial charge in [-0.15, -0.1) is 0 Å². The Labute approximate surface area is 120 Å². The molecule has 0 aromatic heterocycles. The van der Waals surface area contributed by atoms with Gasteiger partial charge in [-0.05, 0) is 42.7 Å². The van der Waals surface area contributed by atoms with E-state index < -0.39 is 0 Å². The zero-order valence-electron chi connectivity index (χ0n) is 11.1. The first-order chi connectivity index (χ1) is 8.48. The van der Waals surface area contributed by atoms with Crippen LogP contribution in [0.4, 0.5) is 0 Å². The quantitative estimate of drug-likeness (QED) is 0.819. The van der Waals surface area contributed by atoms with E-state index in [1.165, 1.54) is 25.7 Å². The van der Waals surface area contributed by atoms with Crippen LogP contribution < -0.4 is 5.32 Å². The standard InChI is InChI=1S/C15H21Cl2N/c1-15(2)8-6-12(7-9-15)18-10-11-4-3-5-13(16)14(11)17/h3-5,12,18H,6-10H2,1-2H3. The maximum absolute atomic E-state index is 6.18. The molecule has 1 aliphatic rings. The second kappa shape index (κ2) is 5.81. The molecule has 0 spiro atoms. The molecular formula is C15H21Cl2N. The van der Waals surface area contributed by atoms with Crippen LogP contribution in [0.5, 0.6) is 0 Å². The molecule has 0 bridgehead atoms. The minimum absolute atomic E-state index is 0.520. The van der Waals surface area contributed by atoms with Crippen LogP contribution in [0, 0.1) is 5.41 Å². The minimum atomic E-state index is 0.520. The SMILES string of the molecule is CC1(C)CCC(NCc2cccc(Cl)c2Cl)CC1. The summed E-state index contributed by atoms with van der Waals surface area (Å²) in [6, 6.07) is 6.44. The van der Waals surface area contributed by atoms with E-state index in [0.29, 0.717) is 21.5 Å². The van der Waals surface area contributed by atoms with E-state index in [1.54, 1.807) is 0 Å². The van der Waals surface area contributed by atoms with Crippen LogP contribution >= 0.6 is 23.2 Å². The molecule has 0 saturated heterocycles. The van der Waals surface area contributed by atoms with Gasteiger partial charge in [-0.2, -0.15) is 0 Å². The smallest absolute Gasteiger partial charge is 0.0637 e. The third kappa shape index (κ3) is 3.63. The van der Waals surface area contributed by atoms with Crippen LogP contribution in [0.3, 0.4) is 0 Å². The van der Waals surface area contributed by atoms with E-state index in [1.807, 2.05) is 18.2 Å². The summed E-state index contributed by atoms with van der Waals surface area (Å²) >= 11 is 12.2. The van der Waals surface area contributed by atoms with Crippen molar-refractivity contribution in [1.29, 1.82) is 0 Å². The molecule has 0 heterocycles. The van der Waals surface area contributed by atoms with Gasteiger partial charge in [0.2, 0.25) is 0 Å². The summed E-state index contributed by atoms with van der Waals surface area (Å²) in [6.45, 7) is 5.53. The monoisotopic (exact) mass is 285 g/mol. The molecule has 18 heavy (non-hydrogen) atoms. The number of halogens is 2. The van der Waals surface area contributed by atoms with Crippen molar-refractivity contribution in [2.24, 2.45) is 5.41 Å². The van der Waals surface area contributed by atoms with Gasteiger partial charge in [0.1, 0.15) is 0 Å². The van der Waals surface area contributed by atoms with Crippen molar-refractivity contribution in [1.82, 2.24) is 5.32 Å². The molecule has 1 saturated carbocycles. The van der Waals surface area contributed by atoms with Crippen molar-refractivity contribution in [3.05, 3.63) is 33.8 Å². The van der Waals surface area contributed by atoms with E-state index >= 15 is 0 Å². The first kappa shape index (κ1) is 14.2. The van der Waals surface area contributed by atoms with Gasteiger partial charge in [-0.3, -0.25) is 0 Å². The summed E-state index contributed by atoms with van der Waals surface area (Å²) in [7, 11) is 0. The molecule has 1 aromatic rings. The van der Waals surface area contributed by atoms with E-state index in [2.05, 4.69) is 19.2 Å². The molecular weight excluding hydrogens is 265 g/mol. The first-order valence-corrected chi connectivity index (χ1v) is 7.40. The van der Waals surface area contributed by atoms with Crippen molar-refractivity contribution in [2.75, 3.05) is 0 Å². The molecule has 100 valence electrons. The van der Waals surface area contributed by atoms with Gasteiger partial charge in [0.25, 0.3) is 0 Å². The first-order valence-electron chi connectivity index (χ1n) is 6.64. The highest BCUT2D eigenvalue weighted by Gasteiger charge is 2.26. The van der Waals surface area contributed by atoms with E-state index in [-0.39, 0.29) is 0 Å². The highest BCUT2D eigenvalue weighted by atomic mass is 35.5. The third-order valence-corrected chi connectivity index (χ3v) is 4.81. The predicted octanol–water partition coefficient (Wildman–Crippen LogP) is 5.05. The molecule has 0 amide bonds. The van der Waals surface area contributed by atoms with E-state index in [0.717, 1.165) is 12.1 Å². The number of nitrogens with one attached hydrogen (secondary N) is 1. The number of rotatable bonds is 3. The Morgan fingerprint density at radius 1 is 1.22 bits per heavy atom. The molecule has 0 atom stereocenters. The van der Waals surface area contributed by atoms with Gasteiger partial charge < -0.3 is 5.32 Å². The predicted molar refractivity (Wildman–Crippen MR) is 79.3 cm³/mol. The van der Waals surface area contributed by atoms with E-state index in [9.17, 15) is 0 Å². The topological polar surface area (TPSA) is 12.0 Å². The van der Waals surface area contributed by atoms with Gasteiger partial charge >= 0.3 is 0 Å². The van der Waals surface area contributed by atoms with Crippen molar-refractivity contribution in [3.63, 3.8) is 0 Å². The summed E-state index contributed by atoms with van der Waals surface area (Å²) in [5, 5.41) is 4.92. The fraction of sp³-hybridized carbons (Fsp3) is 0.600. The Hall–Kier alpha value is -0.240. The lowest BCUT2D eigenvalue weighted by Crippen LogP contribution is -2.35. The van der Waals surface area contributed by atoms with Crippen LogP contribution in [0.15, 0.2) is 18.2 Å². The summed E-state index contributed by atoms with van der Waals surface area (Å²) in [5.74, 6) is 0. The molecule has 0 unspecified atom stereocenters. The maximum atomic E-state index is 6.18. The van der Waals surface area contributed by atoms with Gasteiger partial charge in [0.15, 0.2) is 0 Å². The van der Waals surface area contributed by atoms with Gasteiger partial charge in [-0.1, -0.05) is 49.2 Å². The molecule has 1 N–H and O–H groups in total. The summed E-state index contributed by atoms with van der Waals surface area (Å²) in [4.78, 5) is 0. The normalized spacial score (nSPS) is 20.0. The van der Waals surface area contributed by atoms with Crippen molar-refractivity contribution in [2.45, 2.75) is 52.1 Å². The van der Waals surface area contributed by atoms with Crippen LogP contribution in [-0.4, -0.2) is 6.04 Å². The molecule has 1 nitrogen and oxygen atoms in total. The van der Waals surface area contributed by atoms with Crippen molar-refractivity contribution < 1.29 is 0 Å². The van der Waals surface area contributed by atoms with Crippen LogP contribution in [0.2, 0.25) is 10.0 Å². The minimum Gasteiger partial charge on any atom is -0.310 e. The second-order valence-electron chi connectivity index (χ2n) is 6.03. The summed E-state index contributed by atoms with van der Waals surface area (Å²) < 4.78 is 0. The third-order valence-electron chi connectivity index (χ3n) is 3.95. The average Bonchev–Trinajstić information content (AvgIpc) is 2.33. The van der Waals surface area contributed by atoms with Crippen molar-refractivity contribution >= 4 is 23.2 Å². The lowest BCUT2D eigenvalue weighted by Gasteiger charge is -2.34. The van der Waals surface area contributed by atoms with Crippen molar-refractivity contribution in [3.8, 4) is 0 Å². The second-order valence-corrected chi connectivity index (χ2v) is 6.82. The number of benzene rings is 1. The molecule has 1 aliphatic carbocycles. The highest BCUT2D eigenvalue weighted by Crippen LogP contribution is 2.35. The van der Waals surface area contributed by atoms with Crippen LogP contribution in [-0.2, 0) is 6.54 Å². The average molecular weight is 286 g/mol. The zero-order chi connectivity index (χ0) is 13.2. The summed E-state index contributed by atoms with van der Waals surface area (Å²) in [5.41, 5.74) is 1.61. The Morgan fingerprint density at radius 2 is 1.89 bits per heavy atom. The van der Waals surface area contributed by atoms with Gasteiger partial charge in [-0.25, -0.2) is 0 Å². The lowest BCUT2D eigenvalue weighted by molar-refractivity contribution is 0.206. The van der Waals surface area contributed by atoms with Gasteiger partial charge in [0, 0.05) is 12.6 Å². The number of hydrogen-bond acceptors (Lipinski definition) is 1. The molecule has 3 heteroatoms. The molecule has 0 aliphatic heterocycles. The number of hydrogen-bond donors (Lipinski definition) is 1. The van der Waals surface area contributed by atoms with Crippen LogP contribution in [0.1, 0.15) is 45.1 Å². The zero-order valence-corrected chi connectivity index (χ0v) is 12.6. The Morgan fingerprint density at radius 3 is 2.56 bits per heavy atom. The van der Waals surface area contributed by atoms with Crippen LogP contribution in [0.25, 0.3) is 0 Å². The molecule has 2 rings (SSSR count). The maximum Gasteiger partial charge on any atom is 0.0637 e. The largest absolute Gasteiger partial charge is 0.310 e. The van der Waals surface area contributed by atoms with Gasteiger partial charge in [0.05, 0.1) is 10.0 Å². The Balaban J connectivity index is 1.87. The van der Waals surface area contributed by atoms with E-state index in [4.69, 9.17) is 23.2 Å². The molecule has 1 fully saturated rings. The Kier molecular flexibility index (Phi) is 4.58. The highest BCUT2D eigenvalue weighted by molar-refractivity contribution is 6.42. The Bertz CT molecular complexity index is 405. The fourth-order valence-electron chi connectivity index (χ4n) is 2.54. The fourth-order valence-corrected chi connectivity index (χ4v) is 2.93. The molecule has 0 radical (unpaired) electrons.